The maximum Gasteiger partial charge on any atom is 0.267 e. The fraction of sp³-hybridized carbons (Fsp3) is 0.318. The van der Waals surface area contributed by atoms with Gasteiger partial charge in [-0.3, -0.25) is 19.4 Å². The number of carbonyl (C=O) groups excluding carboxylic acids is 2. The predicted octanol–water partition coefficient (Wildman–Crippen LogP) is 4.54. The third kappa shape index (κ3) is 5.45. The van der Waals surface area contributed by atoms with E-state index in [2.05, 4.69) is 46.8 Å². The third-order valence-electron chi connectivity index (χ3n) is 5.33. The maximum absolute atomic E-state index is 12.7. The highest BCUT2D eigenvalue weighted by Gasteiger charge is 2.16. The van der Waals surface area contributed by atoms with Crippen molar-refractivity contribution < 1.29 is 9.59 Å². The summed E-state index contributed by atoms with van der Waals surface area (Å²) >= 11 is 4.75. The summed E-state index contributed by atoms with van der Waals surface area (Å²) < 4.78 is 2.63. The van der Waals surface area contributed by atoms with E-state index in [1.54, 1.807) is 17.3 Å². The van der Waals surface area contributed by atoms with Crippen LogP contribution in [0, 0.1) is 6.92 Å². The minimum atomic E-state index is -0.231. The van der Waals surface area contributed by atoms with E-state index in [1.165, 1.54) is 24.2 Å². The van der Waals surface area contributed by atoms with Gasteiger partial charge in [-0.1, -0.05) is 11.3 Å². The van der Waals surface area contributed by atoms with Gasteiger partial charge < -0.3 is 15.5 Å². The molecule has 0 unspecified atom stereocenters. The first kappa shape index (κ1) is 23.9. The quantitative estimate of drug-likeness (QED) is 0.306. The normalized spacial score (nSPS) is 13.0. The first-order chi connectivity index (χ1) is 16.5. The summed E-state index contributed by atoms with van der Waals surface area (Å²) in [7, 11) is 0. The number of aromatic amines is 1. The first-order valence-electron chi connectivity index (χ1n) is 10.9. The smallest absolute Gasteiger partial charge is 0.267 e. The van der Waals surface area contributed by atoms with Crippen molar-refractivity contribution in [3.05, 3.63) is 45.6 Å². The zero-order chi connectivity index (χ0) is 24.1. The van der Waals surface area contributed by atoms with Crippen molar-refractivity contribution in [2.45, 2.75) is 33.2 Å². The lowest BCUT2D eigenvalue weighted by molar-refractivity contribution is -0.117. The fourth-order valence-electron chi connectivity index (χ4n) is 3.48. The van der Waals surface area contributed by atoms with Crippen LogP contribution in [0.5, 0.6) is 0 Å². The summed E-state index contributed by atoms with van der Waals surface area (Å²) in [6.07, 6.45) is 8.51. The topological polar surface area (TPSA) is 121 Å². The van der Waals surface area contributed by atoms with Crippen LogP contribution in [0.25, 0.3) is 10.9 Å². The van der Waals surface area contributed by atoms with E-state index in [0.29, 0.717) is 15.7 Å². The van der Waals surface area contributed by atoms with Crippen LogP contribution in [0.3, 0.4) is 0 Å². The molecule has 1 saturated heterocycles. The average Bonchev–Trinajstić information content (AvgIpc) is 3.64. The summed E-state index contributed by atoms with van der Waals surface area (Å²) in [5.41, 5.74) is 2.54. The monoisotopic (exact) mass is 544 g/mol. The Bertz CT molecular complexity index is 1290. The molecule has 4 heterocycles. The Morgan fingerprint density at radius 1 is 1.29 bits per heavy atom. The molecule has 5 rings (SSSR count). The van der Waals surface area contributed by atoms with Crippen molar-refractivity contribution in [1.82, 2.24) is 29.9 Å². The molecule has 1 aliphatic heterocycles. The Morgan fingerprint density at radius 3 is 2.76 bits per heavy atom. The molecule has 1 fully saturated rings. The first-order valence-corrected chi connectivity index (χ1v) is 12.5. The van der Waals surface area contributed by atoms with Crippen LogP contribution >= 0.6 is 27.3 Å². The number of carbonyl (C=O) groups is 2. The average molecular weight is 545 g/mol. The highest BCUT2D eigenvalue weighted by molar-refractivity contribution is 9.10. The maximum atomic E-state index is 12.7. The number of nitrogens with zero attached hydrogens (tertiary/aromatic N) is 5. The van der Waals surface area contributed by atoms with Crippen molar-refractivity contribution in [3.8, 4) is 0 Å². The number of halogens is 1. The highest BCUT2D eigenvalue weighted by atomic mass is 79.9. The van der Waals surface area contributed by atoms with Gasteiger partial charge in [0, 0.05) is 41.3 Å². The van der Waals surface area contributed by atoms with Gasteiger partial charge in [0.25, 0.3) is 5.91 Å². The fourth-order valence-corrected chi connectivity index (χ4v) is 4.64. The second-order valence-corrected chi connectivity index (χ2v) is 9.61. The molecular weight excluding hydrogens is 520 g/mol. The summed E-state index contributed by atoms with van der Waals surface area (Å²) in [5.74, 6) is 0.509. The van der Waals surface area contributed by atoms with Gasteiger partial charge in [0.05, 0.1) is 23.6 Å². The van der Waals surface area contributed by atoms with Crippen LogP contribution in [0.2, 0.25) is 0 Å². The largest absolute Gasteiger partial charge is 0.345 e. The van der Waals surface area contributed by atoms with E-state index in [-0.39, 0.29) is 5.91 Å². The van der Waals surface area contributed by atoms with Crippen molar-refractivity contribution in [2.75, 3.05) is 23.7 Å². The molecule has 0 saturated carbocycles. The molecular formula is C22H25BrN8O2S. The van der Waals surface area contributed by atoms with Crippen LogP contribution in [0.15, 0.2) is 35.2 Å². The van der Waals surface area contributed by atoms with Crippen LogP contribution in [-0.4, -0.2) is 55.3 Å². The second kappa shape index (κ2) is 10.8. The van der Waals surface area contributed by atoms with E-state index < -0.39 is 0 Å². The molecule has 3 N–H and O–H groups in total. The van der Waals surface area contributed by atoms with Crippen LogP contribution in [0.1, 0.15) is 35.0 Å². The Labute approximate surface area is 208 Å². The summed E-state index contributed by atoms with van der Waals surface area (Å²) in [6, 6.07) is 3.76. The van der Waals surface area contributed by atoms with Crippen LogP contribution in [0.4, 0.5) is 16.6 Å². The number of amides is 2. The number of fused-ring (bicyclic) bond motifs is 1. The van der Waals surface area contributed by atoms with Gasteiger partial charge >= 0.3 is 0 Å². The number of aryl methyl sites for hydroxylation is 2. The highest BCUT2D eigenvalue weighted by Crippen LogP contribution is 2.31. The molecule has 4 aromatic rings. The van der Waals surface area contributed by atoms with Gasteiger partial charge in [-0.15, -0.1) is 0 Å². The number of thiazole rings is 1. The van der Waals surface area contributed by atoms with Crippen molar-refractivity contribution in [3.63, 3.8) is 0 Å². The van der Waals surface area contributed by atoms with Gasteiger partial charge in [0.15, 0.2) is 10.9 Å². The lowest BCUT2D eigenvalue weighted by Crippen LogP contribution is -2.15. The van der Waals surface area contributed by atoms with Crippen molar-refractivity contribution in [1.29, 1.82) is 0 Å². The number of benzene rings is 1. The molecule has 10 nitrogen and oxygen atoms in total. The molecule has 12 heteroatoms. The molecule has 0 aliphatic carbocycles. The number of H-pyrrole nitrogens is 1. The van der Waals surface area contributed by atoms with E-state index >= 15 is 0 Å². The van der Waals surface area contributed by atoms with E-state index in [4.69, 9.17) is 0 Å². The van der Waals surface area contributed by atoms with Crippen molar-refractivity contribution in [2.24, 2.45) is 0 Å². The van der Waals surface area contributed by atoms with Crippen LogP contribution < -0.4 is 10.6 Å². The molecule has 2 amide bonds. The Balaban J connectivity index is 0.000000336. The predicted molar refractivity (Wildman–Crippen MR) is 137 cm³/mol. The summed E-state index contributed by atoms with van der Waals surface area (Å²) in [6.45, 7) is 6.75. The molecule has 178 valence electrons. The lowest BCUT2D eigenvalue weighted by Gasteiger charge is -2.07. The third-order valence-corrected chi connectivity index (χ3v) is 6.90. The van der Waals surface area contributed by atoms with Crippen LogP contribution in [-0.2, 0) is 11.3 Å². The summed E-state index contributed by atoms with van der Waals surface area (Å²) in [5, 5.41) is 18.9. The van der Waals surface area contributed by atoms with E-state index in [1.807, 2.05) is 36.9 Å². The molecule has 1 aromatic carbocycles. The Morgan fingerprint density at radius 2 is 2.09 bits per heavy atom. The Hall–Kier alpha value is -3.25. The molecule has 0 bridgehead atoms. The number of rotatable bonds is 6. The van der Waals surface area contributed by atoms with E-state index in [9.17, 15) is 9.59 Å². The molecule has 34 heavy (non-hydrogen) atoms. The number of aromatic nitrogens is 5. The van der Waals surface area contributed by atoms with Gasteiger partial charge in [-0.2, -0.15) is 10.2 Å². The number of hydrogen-bond donors (Lipinski definition) is 3. The zero-order valence-corrected chi connectivity index (χ0v) is 21.2. The van der Waals surface area contributed by atoms with Gasteiger partial charge in [0.1, 0.15) is 4.88 Å². The minimum absolute atomic E-state index is 0.231. The molecule has 3 aromatic heterocycles. The Kier molecular flexibility index (Phi) is 7.58. The molecule has 0 spiro atoms. The molecule has 1 aliphatic rings. The lowest BCUT2D eigenvalue weighted by atomic mass is 10.2. The summed E-state index contributed by atoms with van der Waals surface area (Å²) in [4.78, 5) is 29.2. The van der Waals surface area contributed by atoms with Gasteiger partial charge in [-0.25, -0.2) is 4.98 Å². The zero-order valence-electron chi connectivity index (χ0n) is 18.8. The van der Waals surface area contributed by atoms with E-state index in [0.717, 1.165) is 52.8 Å². The van der Waals surface area contributed by atoms with Gasteiger partial charge in [-0.05, 0) is 54.8 Å². The minimum Gasteiger partial charge on any atom is -0.345 e. The molecule has 0 atom stereocenters. The second-order valence-electron chi connectivity index (χ2n) is 7.73. The number of hydrogen-bond acceptors (Lipinski definition) is 7. The van der Waals surface area contributed by atoms with Gasteiger partial charge in [0.2, 0.25) is 6.41 Å². The standard InChI is InChI=1S/C17H16BrN7OS.C5H9NO/c1-3-25-8-9(2)15(24-25)22-17-19-7-13(27-17)16(26)21-14-10-6-20-23-12(10)5-4-11(14)18;7-5-6-3-1-2-4-6/h4-8H,3H2,1-2H3,(H,20,23)(H,21,26)(H,19,22,24);5H,1-4H2. The number of likely N-dealkylation sites (tertiary alicyclic amines) is 1. The SMILES string of the molecule is CCn1cc(C)c(Nc2ncc(C(=O)Nc3c(Br)ccc4[nH]ncc34)s2)n1.O=CN1CCCC1. The van der Waals surface area contributed by atoms with Crippen molar-refractivity contribution >= 4 is 67.1 Å². The molecule has 0 radical (unpaired) electrons. The number of anilines is 3. The number of nitrogens with one attached hydrogen (secondary N) is 3.